The molecule has 2 aromatic carbocycles. The number of ether oxygens (including phenoxy) is 1. The van der Waals surface area contributed by atoms with E-state index in [0.29, 0.717) is 60.3 Å². The molecule has 1 N–H and O–H groups in total. The Kier molecular flexibility index (Phi) is 8.53. The minimum absolute atomic E-state index is 0.0570. The number of thiazole rings is 1. The van der Waals surface area contributed by atoms with Crippen molar-refractivity contribution in [3.8, 4) is 21.8 Å². The van der Waals surface area contributed by atoms with Crippen molar-refractivity contribution < 1.29 is 22.7 Å². The summed E-state index contributed by atoms with van der Waals surface area (Å²) in [5.41, 5.74) is 1.72. The van der Waals surface area contributed by atoms with Crippen LogP contribution in [0.3, 0.4) is 0 Å². The first-order valence-corrected chi connectivity index (χ1v) is 14.3. The lowest BCUT2D eigenvalue weighted by atomic mass is 9.98. The number of rotatable bonds is 7. The number of amides is 1. The summed E-state index contributed by atoms with van der Waals surface area (Å²) >= 11 is 1.43. The number of anilines is 1. The Labute approximate surface area is 240 Å². The van der Waals surface area contributed by atoms with Crippen LogP contribution in [0.5, 0.6) is 0 Å². The van der Waals surface area contributed by atoms with Crippen molar-refractivity contribution in [1.82, 2.24) is 19.9 Å². The van der Waals surface area contributed by atoms with Crippen molar-refractivity contribution in [3.05, 3.63) is 83.0 Å². The van der Waals surface area contributed by atoms with Crippen molar-refractivity contribution >= 4 is 23.4 Å². The van der Waals surface area contributed by atoms with Gasteiger partial charge in [0.1, 0.15) is 0 Å². The van der Waals surface area contributed by atoms with Gasteiger partial charge in [0.2, 0.25) is 5.95 Å². The van der Waals surface area contributed by atoms with Crippen LogP contribution in [0.25, 0.3) is 21.8 Å². The number of piperidine rings is 1. The minimum atomic E-state index is -4.48. The number of alkyl halides is 3. The normalized spacial score (nSPS) is 15.0. The molecule has 1 aliphatic rings. The van der Waals surface area contributed by atoms with Crippen LogP contribution in [-0.2, 0) is 10.9 Å². The van der Waals surface area contributed by atoms with Crippen molar-refractivity contribution in [1.29, 1.82) is 0 Å². The predicted molar refractivity (Wildman–Crippen MR) is 153 cm³/mol. The van der Waals surface area contributed by atoms with Gasteiger partial charge in [-0.15, -0.1) is 11.3 Å². The van der Waals surface area contributed by atoms with E-state index >= 15 is 0 Å². The van der Waals surface area contributed by atoms with Gasteiger partial charge in [0.25, 0.3) is 0 Å². The number of halogens is 3. The van der Waals surface area contributed by atoms with E-state index in [1.54, 1.807) is 30.2 Å². The summed E-state index contributed by atoms with van der Waals surface area (Å²) in [5, 5.41) is 4.12. The van der Waals surface area contributed by atoms with Gasteiger partial charge >= 0.3 is 12.3 Å². The molecule has 11 heteroatoms. The summed E-state index contributed by atoms with van der Waals surface area (Å²) in [6.45, 7) is 5.14. The van der Waals surface area contributed by atoms with Crippen LogP contribution in [0.15, 0.2) is 66.9 Å². The number of likely N-dealkylation sites (tertiary alicyclic amines) is 1. The van der Waals surface area contributed by atoms with E-state index in [9.17, 15) is 18.0 Å². The van der Waals surface area contributed by atoms with E-state index in [0.717, 1.165) is 22.7 Å². The molecule has 7 nitrogen and oxygen atoms in total. The van der Waals surface area contributed by atoms with Gasteiger partial charge in [-0.3, -0.25) is 0 Å². The molecule has 5 rings (SSSR count). The molecule has 41 heavy (non-hydrogen) atoms. The smallest absolute Gasteiger partial charge is 0.416 e. The number of carbonyl (C=O) groups excluding carboxylic acids is 1. The highest BCUT2D eigenvalue weighted by Gasteiger charge is 2.32. The number of nitrogens with zero attached hydrogens (tertiary/aromatic N) is 4. The van der Waals surface area contributed by atoms with Crippen LogP contribution >= 0.6 is 11.3 Å². The van der Waals surface area contributed by atoms with Gasteiger partial charge in [0.05, 0.1) is 39.5 Å². The highest BCUT2D eigenvalue weighted by Crippen LogP contribution is 2.42. The van der Waals surface area contributed by atoms with Crippen LogP contribution in [0, 0.1) is 0 Å². The number of hydrogen-bond acceptors (Lipinski definition) is 7. The third kappa shape index (κ3) is 6.67. The number of aromatic nitrogens is 3. The van der Waals surface area contributed by atoms with Gasteiger partial charge < -0.3 is 15.0 Å². The lowest BCUT2D eigenvalue weighted by molar-refractivity contribution is -0.137. The minimum Gasteiger partial charge on any atom is -0.450 e. The van der Waals surface area contributed by atoms with Crippen LogP contribution < -0.4 is 5.32 Å². The van der Waals surface area contributed by atoms with Gasteiger partial charge in [-0.1, -0.05) is 42.5 Å². The average Bonchev–Trinajstić information content (AvgIpc) is 3.43. The van der Waals surface area contributed by atoms with Crippen LogP contribution in [0.2, 0.25) is 0 Å². The van der Waals surface area contributed by atoms with Gasteiger partial charge in [-0.05, 0) is 50.5 Å². The molecule has 3 heterocycles. The first-order valence-electron chi connectivity index (χ1n) is 13.5. The van der Waals surface area contributed by atoms with E-state index in [1.165, 1.54) is 17.4 Å². The largest absolute Gasteiger partial charge is 0.450 e. The Morgan fingerprint density at radius 3 is 2.56 bits per heavy atom. The maximum Gasteiger partial charge on any atom is 0.416 e. The Morgan fingerprint density at radius 2 is 1.85 bits per heavy atom. The summed E-state index contributed by atoms with van der Waals surface area (Å²) in [4.78, 5) is 28.5. The van der Waals surface area contributed by atoms with Crippen LogP contribution in [0.1, 0.15) is 54.8 Å². The second kappa shape index (κ2) is 12.3. The molecule has 2 aromatic heterocycles. The third-order valence-electron chi connectivity index (χ3n) is 7.01. The van der Waals surface area contributed by atoms with E-state index < -0.39 is 11.7 Å². The molecular formula is C30H30F3N5O2S. The quantitative estimate of drug-likeness (QED) is 0.240. The van der Waals surface area contributed by atoms with E-state index in [1.807, 2.05) is 37.3 Å². The second-order valence-corrected chi connectivity index (χ2v) is 10.8. The fourth-order valence-electron chi connectivity index (χ4n) is 4.82. The van der Waals surface area contributed by atoms with Crippen molar-refractivity contribution in [2.75, 3.05) is 25.0 Å². The van der Waals surface area contributed by atoms with Gasteiger partial charge in [0.15, 0.2) is 0 Å². The molecule has 0 unspecified atom stereocenters. The maximum atomic E-state index is 13.6. The monoisotopic (exact) mass is 581 g/mol. The molecule has 0 radical (unpaired) electrons. The Balaban J connectivity index is 1.48. The van der Waals surface area contributed by atoms with E-state index in [2.05, 4.69) is 10.3 Å². The number of hydrogen-bond donors (Lipinski definition) is 1. The molecule has 0 spiro atoms. The standard InChI is InChI=1S/C30H30F3N5O2S/c1-3-40-29(39)38-16-13-21(14-17-38)27-37-25(22-10-7-11-23(18-22)30(31,32)33)26(41-27)24-12-15-34-28(36-24)35-19(2)20-8-5-4-6-9-20/h4-12,15,18-19,21H,3,13-14,16-17H2,1-2H3,(H,34,35,36)/t19-/m0/s1. The number of carbonyl (C=O) groups is 1. The highest BCUT2D eigenvalue weighted by molar-refractivity contribution is 7.15. The Bertz CT molecular complexity index is 1490. The summed E-state index contributed by atoms with van der Waals surface area (Å²) in [5.74, 6) is 0.466. The van der Waals surface area contributed by atoms with Crippen molar-refractivity contribution in [3.63, 3.8) is 0 Å². The molecule has 1 amide bonds. The molecule has 1 fully saturated rings. The average molecular weight is 582 g/mol. The lowest BCUT2D eigenvalue weighted by Crippen LogP contribution is -2.38. The summed E-state index contributed by atoms with van der Waals surface area (Å²) in [6.07, 6.45) is -1.82. The zero-order valence-electron chi connectivity index (χ0n) is 22.7. The van der Waals surface area contributed by atoms with Crippen LogP contribution in [0.4, 0.5) is 23.9 Å². The predicted octanol–water partition coefficient (Wildman–Crippen LogP) is 7.79. The molecular weight excluding hydrogens is 551 g/mol. The Morgan fingerprint density at radius 1 is 1.10 bits per heavy atom. The number of benzene rings is 2. The fourth-order valence-corrected chi connectivity index (χ4v) is 6.05. The van der Waals surface area contributed by atoms with Gasteiger partial charge in [-0.2, -0.15) is 13.2 Å². The second-order valence-electron chi connectivity index (χ2n) is 9.81. The first-order chi connectivity index (χ1) is 19.7. The summed E-state index contributed by atoms with van der Waals surface area (Å²) in [7, 11) is 0. The van der Waals surface area contributed by atoms with Crippen molar-refractivity contribution in [2.45, 2.75) is 44.8 Å². The molecule has 0 saturated carbocycles. The molecule has 1 atom stereocenters. The molecule has 214 valence electrons. The van der Waals surface area contributed by atoms with E-state index in [4.69, 9.17) is 14.7 Å². The lowest BCUT2D eigenvalue weighted by Gasteiger charge is -2.30. The zero-order chi connectivity index (χ0) is 29.0. The molecule has 0 aliphatic carbocycles. The number of nitrogens with one attached hydrogen (secondary N) is 1. The Hall–Kier alpha value is -3.99. The van der Waals surface area contributed by atoms with E-state index in [-0.39, 0.29) is 18.1 Å². The van der Waals surface area contributed by atoms with Gasteiger partial charge in [-0.25, -0.2) is 19.7 Å². The highest BCUT2D eigenvalue weighted by atomic mass is 32.1. The van der Waals surface area contributed by atoms with Crippen molar-refractivity contribution in [2.24, 2.45) is 0 Å². The zero-order valence-corrected chi connectivity index (χ0v) is 23.5. The third-order valence-corrected chi connectivity index (χ3v) is 8.25. The summed E-state index contributed by atoms with van der Waals surface area (Å²) < 4.78 is 45.9. The molecule has 4 aromatic rings. The topological polar surface area (TPSA) is 80.2 Å². The maximum absolute atomic E-state index is 13.6. The van der Waals surface area contributed by atoms with Crippen LogP contribution in [-0.4, -0.2) is 45.6 Å². The van der Waals surface area contributed by atoms with Gasteiger partial charge in [0, 0.05) is 30.8 Å². The molecule has 1 saturated heterocycles. The fraction of sp³-hybridized carbons (Fsp3) is 0.333. The molecule has 1 aliphatic heterocycles. The SMILES string of the molecule is CCOC(=O)N1CCC(c2nc(-c3cccc(C(F)(F)F)c3)c(-c3ccnc(N[C@@H](C)c4ccccc4)n3)s2)CC1. The first kappa shape index (κ1) is 28.5. The molecule has 0 bridgehead atoms. The summed E-state index contributed by atoms with van der Waals surface area (Å²) in [6, 6.07) is 16.8.